The molecule has 80 valence electrons. The molecule has 14 heavy (non-hydrogen) atoms. The molecule has 0 aliphatic heterocycles. The first-order valence-corrected chi connectivity index (χ1v) is 4.85. The van der Waals surface area contributed by atoms with Gasteiger partial charge in [0, 0.05) is 26.4 Å². The van der Waals surface area contributed by atoms with Gasteiger partial charge in [0.05, 0.1) is 18.6 Å². The Morgan fingerprint density at radius 2 is 1.36 bits per heavy atom. The van der Waals surface area contributed by atoms with Gasteiger partial charge in [0.2, 0.25) is 0 Å². The Morgan fingerprint density at radius 1 is 0.929 bits per heavy atom. The van der Waals surface area contributed by atoms with Gasteiger partial charge < -0.3 is 14.2 Å². The number of ether oxygens (including phenoxy) is 3. The van der Waals surface area contributed by atoms with E-state index >= 15 is 0 Å². The zero-order valence-corrected chi connectivity index (χ0v) is 8.65. The van der Waals surface area contributed by atoms with Crippen molar-refractivity contribution in [1.29, 1.82) is 0 Å². The van der Waals surface area contributed by atoms with Gasteiger partial charge in [-0.05, 0) is 0 Å². The Balaban J connectivity index is 2.46. The van der Waals surface area contributed by atoms with E-state index in [4.69, 9.17) is 14.2 Å². The molecule has 0 aromatic rings. The van der Waals surface area contributed by atoms with Gasteiger partial charge in [-0.2, -0.15) is 0 Å². The molecule has 1 rings (SSSR count). The Hall–Kier alpha value is -0.960. The molecule has 1 aliphatic rings. The van der Waals surface area contributed by atoms with Crippen LogP contribution in [0.25, 0.3) is 0 Å². The maximum Gasteiger partial charge on any atom is 0.104 e. The minimum absolute atomic E-state index is 0.149. The van der Waals surface area contributed by atoms with E-state index in [2.05, 4.69) is 13.2 Å². The molecule has 0 aromatic carbocycles. The Morgan fingerprint density at radius 3 is 1.71 bits per heavy atom. The highest BCUT2D eigenvalue weighted by Crippen LogP contribution is 2.25. The third kappa shape index (κ3) is 3.07. The Bertz CT molecular complexity index is 173. The van der Waals surface area contributed by atoms with E-state index < -0.39 is 0 Å². The van der Waals surface area contributed by atoms with Gasteiger partial charge in [0.25, 0.3) is 0 Å². The van der Waals surface area contributed by atoms with E-state index in [-0.39, 0.29) is 18.3 Å². The first-order chi connectivity index (χ1) is 6.80. The van der Waals surface area contributed by atoms with E-state index in [1.807, 2.05) is 0 Å². The second-order valence-electron chi connectivity index (χ2n) is 3.41. The fourth-order valence-electron chi connectivity index (χ4n) is 1.86. The quantitative estimate of drug-likeness (QED) is 0.634. The summed E-state index contributed by atoms with van der Waals surface area (Å²) < 4.78 is 16.0. The summed E-state index contributed by atoms with van der Waals surface area (Å²) in [4.78, 5) is 0. The molecule has 1 aliphatic carbocycles. The lowest BCUT2D eigenvalue weighted by Crippen LogP contribution is -2.35. The molecule has 0 saturated heterocycles. The number of hydrogen-bond acceptors (Lipinski definition) is 3. The average molecular weight is 198 g/mol. The number of rotatable bonds is 5. The van der Waals surface area contributed by atoms with Crippen LogP contribution in [0.3, 0.4) is 0 Å². The zero-order valence-electron chi connectivity index (χ0n) is 8.65. The van der Waals surface area contributed by atoms with Crippen LogP contribution < -0.4 is 0 Å². The molecular formula is C11H18O3. The van der Waals surface area contributed by atoms with Crippen molar-refractivity contribution < 1.29 is 14.2 Å². The molecule has 1 fully saturated rings. The van der Waals surface area contributed by atoms with Crippen molar-refractivity contribution in [3.8, 4) is 0 Å². The number of methoxy groups -OCH3 is 1. The first kappa shape index (κ1) is 11.1. The van der Waals surface area contributed by atoms with Gasteiger partial charge in [-0.3, -0.25) is 0 Å². The molecule has 0 amide bonds. The maximum atomic E-state index is 5.36. The summed E-state index contributed by atoms with van der Waals surface area (Å²) in [6.07, 6.45) is 6.14. The summed E-state index contributed by atoms with van der Waals surface area (Å²) in [5.74, 6) is 0. The highest BCUT2D eigenvalue weighted by molar-refractivity contribution is 4.82. The first-order valence-electron chi connectivity index (χ1n) is 4.85. The van der Waals surface area contributed by atoms with E-state index in [1.165, 1.54) is 12.5 Å². The van der Waals surface area contributed by atoms with E-state index in [9.17, 15) is 0 Å². The van der Waals surface area contributed by atoms with Crippen LogP contribution in [0.2, 0.25) is 0 Å². The molecule has 0 N–H and O–H groups in total. The molecule has 1 saturated carbocycles. The summed E-state index contributed by atoms with van der Waals surface area (Å²) in [5, 5.41) is 0. The smallest absolute Gasteiger partial charge is 0.104 e. The Labute approximate surface area is 85.3 Å². The average Bonchev–Trinajstić information content (AvgIpc) is 2.18. The molecule has 2 unspecified atom stereocenters. The van der Waals surface area contributed by atoms with Gasteiger partial charge >= 0.3 is 0 Å². The van der Waals surface area contributed by atoms with Crippen LogP contribution in [0.15, 0.2) is 25.7 Å². The van der Waals surface area contributed by atoms with Crippen molar-refractivity contribution in [2.75, 3.05) is 7.11 Å². The monoisotopic (exact) mass is 198 g/mol. The zero-order chi connectivity index (χ0) is 10.4. The van der Waals surface area contributed by atoms with Crippen molar-refractivity contribution >= 4 is 0 Å². The van der Waals surface area contributed by atoms with Gasteiger partial charge in [0.15, 0.2) is 0 Å². The molecule has 0 bridgehead atoms. The second-order valence-corrected chi connectivity index (χ2v) is 3.41. The molecule has 0 aromatic heterocycles. The summed E-state index contributed by atoms with van der Waals surface area (Å²) >= 11 is 0. The van der Waals surface area contributed by atoms with E-state index in [1.54, 1.807) is 7.11 Å². The largest absolute Gasteiger partial charge is 0.498 e. The van der Waals surface area contributed by atoms with E-state index in [0.29, 0.717) is 0 Å². The van der Waals surface area contributed by atoms with Gasteiger partial charge in [-0.25, -0.2) is 0 Å². The molecule has 0 spiro atoms. The fraction of sp³-hybridized carbons (Fsp3) is 0.636. The summed E-state index contributed by atoms with van der Waals surface area (Å²) in [7, 11) is 1.71. The molecule has 0 radical (unpaired) electrons. The van der Waals surface area contributed by atoms with E-state index in [0.717, 1.165) is 19.3 Å². The third-order valence-electron chi connectivity index (χ3n) is 2.49. The van der Waals surface area contributed by atoms with Crippen molar-refractivity contribution in [1.82, 2.24) is 0 Å². The molecular weight excluding hydrogens is 180 g/mol. The lowest BCUT2D eigenvalue weighted by molar-refractivity contribution is -0.0507. The van der Waals surface area contributed by atoms with Crippen LogP contribution in [0.4, 0.5) is 0 Å². The van der Waals surface area contributed by atoms with Gasteiger partial charge in [-0.15, -0.1) is 0 Å². The minimum Gasteiger partial charge on any atom is -0.498 e. The van der Waals surface area contributed by atoms with Crippen LogP contribution in [-0.2, 0) is 14.2 Å². The molecule has 3 nitrogen and oxygen atoms in total. The third-order valence-corrected chi connectivity index (χ3v) is 2.49. The van der Waals surface area contributed by atoms with Crippen LogP contribution >= 0.6 is 0 Å². The SMILES string of the molecule is C=COC1CC(OC)CC(OC=C)C1. The van der Waals surface area contributed by atoms with Crippen molar-refractivity contribution in [2.45, 2.75) is 37.6 Å². The Kier molecular flexibility index (Phi) is 4.53. The van der Waals surface area contributed by atoms with Crippen LogP contribution in [0.5, 0.6) is 0 Å². The highest BCUT2D eigenvalue weighted by atomic mass is 16.5. The second kappa shape index (κ2) is 5.70. The van der Waals surface area contributed by atoms with Crippen molar-refractivity contribution in [3.63, 3.8) is 0 Å². The molecule has 2 atom stereocenters. The highest BCUT2D eigenvalue weighted by Gasteiger charge is 2.30. The number of hydrogen-bond donors (Lipinski definition) is 0. The van der Waals surface area contributed by atoms with Crippen molar-refractivity contribution in [2.24, 2.45) is 0 Å². The fourth-order valence-corrected chi connectivity index (χ4v) is 1.86. The van der Waals surface area contributed by atoms with Gasteiger partial charge in [0.1, 0.15) is 12.2 Å². The van der Waals surface area contributed by atoms with Gasteiger partial charge in [-0.1, -0.05) is 13.2 Å². The maximum absolute atomic E-state index is 5.36. The summed E-state index contributed by atoms with van der Waals surface area (Å²) in [6.45, 7) is 7.11. The standard InChI is InChI=1S/C11H18O3/c1-4-13-10-6-9(12-3)7-11(8-10)14-5-2/h4-5,9-11H,1-2,6-8H2,3H3. The molecule has 0 heterocycles. The summed E-state index contributed by atoms with van der Waals surface area (Å²) in [6, 6.07) is 0. The summed E-state index contributed by atoms with van der Waals surface area (Å²) in [5.41, 5.74) is 0. The van der Waals surface area contributed by atoms with Crippen LogP contribution in [-0.4, -0.2) is 25.4 Å². The lowest BCUT2D eigenvalue weighted by atomic mass is 9.92. The lowest BCUT2D eigenvalue weighted by Gasteiger charge is -2.32. The topological polar surface area (TPSA) is 27.7 Å². The van der Waals surface area contributed by atoms with Crippen LogP contribution in [0.1, 0.15) is 19.3 Å². The normalized spacial score (nSPS) is 31.9. The predicted octanol–water partition coefficient (Wildman–Crippen LogP) is 2.24. The van der Waals surface area contributed by atoms with Crippen molar-refractivity contribution in [3.05, 3.63) is 25.7 Å². The van der Waals surface area contributed by atoms with Crippen LogP contribution in [0, 0.1) is 0 Å². The molecule has 3 heteroatoms. The predicted molar refractivity (Wildman–Crippen MR) is 54.8 cm³/mol. The minimum atomic E-state index is 0.149.